The first-order valence-corrected chi connectivity index (χ1v) is 4.43. The molecule has 1 heterocycles. The van der Waals surface area contributed by atoms with Gasteiger partial charge in [0.25, 0.3) is 0 Å². The summed E-state index contributed by atoms with van der Waals surface area (Å²) in [5, 5.41) is 9.56. The summed E-state index contributed by atoms with van der Waals surface area (Å²) in [6, 6.07) is 3.53. The molecular weight excluding hydrogens is 182 g/mol. The third kappa shape index (κ3) is 2.29. The van der Waals surface area contributed by atoms with Crippen LogP contribution in [-0.2, 0) is 9.53 Å². The second-order valence-corrected chi connectivity index (χ2v) is 2.86. The van der Waals surface area contributed by atoms with Gasteiger partial charge in [0.2, 0.25) is 0 Å². The Morgan fingerprint density at radius 2 is 2.43 bits per heavy atom. The summed E-state index contributed by atoms with van der Waals surface area (Å²) >= 11 is 0. The van der Waals surface area contributed by atoms with Crippen molar-refractivity contribution < 1.29 is 14.6 Å². The lowest BCUT2D eigenvalue weighted by Crippen LogP contribution is -2.17. The van der Waals surface area contributed by atoms with E-state index < -0.39 is 12.1 Å². The van der Waals surface area contributed by atoms with Crippen molar-refractivity contribution in [2.45, 2.75) is 20.0 Å². The molecule has 0 amide bonds. The lowest BCUT2D eigenvalue weighted by Gasteiger charge is -2.10. The van der Waals surface area contributed by atoms with Crippen LogP contribution < -0.4 is 0 Å². The number of hydrogen-bond donors (Lipinski definition) is 1. The molecule has 0 saturated carbocycles. The number of esters is 1. The molecule has 0 fully saturated rings. The second-order valence-electron chi connectivity index (χ2n) is 2.86. The molecule has 0 aliphatic rings. The number of aliphatic hydroxyl groups is 1. The van der Waals surface area contributed by atoms with E-state index >= 15 is 0 Å². The van der Waals surface area contributed by atoms with E-state index in [0.717, 1.165) is 5.56 Å². The minimum atomic E-state index is -1.28. The first kappa shape index (κ1) is 10.7. The van der Waals surface area contributed by atoms with Crippen LogP contribution in [0.25, 0.3) is 0 Å². The number of carbonyl (C=O) groups excluding carboxylic acids is 1. The lowest BCUT2D eigenvalue weighted by molar-refractivity contribution is -0.153. The Balaban J connectivity index is 2.84. The normalized spacial score (nSPS) is 12.2. The van der Waals surface area contributed by atoms with Crippen molar-refractivity contribution in [3.8, 4) is 0 Å². The summed E-state index contributed by atoms with van der Waals surface area (Å²) in [5.74, 6) is -0.658. The Kier molecular flexibility index (Phi) is 3.59. The molecule has 1 aromatic heterocycles. The molecule has 0 aliphatic carbocycles. The Hall–Kier alpha value is -1.42. The lowest BCUT2D eigenvalue weighted by atomic mass is 10.1. The molecule has 0 bridgehead atoms. The first-order valence-electron chi connectivity index (χ1n) is 4.43. The Morgan fingerprint density at radius 3 is 3.00 bits per heavy atom. The molecule has 1 atom stereocenters. The molecule has 76 valence electrons. The fourth-order valence-electron chi connectivity index (χ4n) is 1.12. The summed E-state index contributed by atoms with van der Waals surface area (Å²) < 4.78 is 4.68. The van der Waals surface area contributed by atoms with E-state index in [1.54, 1.807) is 26.0 Å². The summed E-state index contributed by atoms with van der Waals surface area (Å²) in [7, 11) is 0. The summed E-state index contributed by atoms with van der Waals surface area (Å²) in [6.07, 6.45) is 0.251. The van der Waals surface area contributed by atoms with Gasteiger partial charge in [-0.25, -0.2) is 4.79 Å². The van der Waals surface area contributed by atoms with Gasteiger partial charge in [-0.2, -0.15) is 0 Å². The summed E-state index contributed by atoms with van der Waals surface area (Å²) in [5.41, 5.74) is 1.12. The van der Waals surface area contributed by atoms with Crippen molar-refractivity contribution in [2.75, 3.05) is 6.61 Å². The van der Waals surface area contributed by atoms with E-state index in [2.05, 4.69) is 9.72 Å². The zero-order valence-corrected chi connectivity index (χ0v) is 8.23. The van der Waals surface area contributed by atoms with Crippen LogP contribution in [0.2, 0.25) is 0 Å². The molecule has 0 radical (unpaired) electrons. The maximum Gasteiger partial charge on any atom is 0.341 e. The van der Waals surface area contributed by atoms with Crippen molar-refractivity contribution in [1.82, 2.24) is 4.98 Å². The molecule has 14 heavy (non-hydrogen) atoms. The molecule has 4 nitrogen and oxygen atoms in total. The number of carbonyl (C=O) groups is 1. The molecule has 4 heteroatoms. The highest BCUT2D eigenvalue weighted by Crippen LogP contribution is 2.15. The summed E-state index contributed by atoms with van der Waals surface area (Å²) in [6.45, 7) is 3.72. The number of aromatic nitrogens is 1. The second kappa shape index (κ2) is 4.72. The Bertz CT molecular complexity index is 325. The van der Waals surface area contributed by atoms with Crippen molar-refractivity contribution in [2.24, 2.45) is 0 Å². The van der Waals surface area contributed by atoms with Crippen LogP contribution in [-0.4, -0.2) is 22.7 Å². The quantitative estimate of drug-likeness (QED) is 0.730. The van der Waals surface area contributed by atoms with E-state index in [-0.39, 0.29) is 6.61 Å². The van der Waals surface area contributed by atoms with Gasteiger partial charge in [-0.05, 0) is 25.5 Å². The highest BCUT2D eigenvalue weighted by atomic mass is 16.5. The molecule has 0 spiro atoms. The first-order chi connectivity index (χ1) is 6.66. The number of aliphatic hydroxyl groups excluding tert-OH is 1. The maximum atomic E-state index is 11.2. The van der Waals surface area contributed by atoms with E-state index in [1.807, 2.05) is 0 Å². The Labute approximate surface area is 82.5 Å². The van der Waals surface area contributed by atoms with Gasteiger partial charge in [0.1, 0.15) is 0 Å². The van der Waals surface area contributed by atoms with E-state index in [1.165, 1.54) is 6.20 Å². The molecule has 0 aliphatic heterocycles. The third-order valence-electron chi connectivity index (χ3n) is 1.82. The van der Waals surface area contributed by atoms with Gasteiger partial charge >= 0.3 is 5.97 Å². The van der Waals surface area contributed by atoms with Crippen LogP contribution in [0.3, 0.4) is 0 Å². The highest BCUT2D eigenvalue weighted by Gasteiger charge is 2.21. The number of pyridine rings is 1. The predicted molar refractivity (Wildman–Crippen MR) is 50.6 cm³/mol. The van der Waals surface area contributed by atoms with Crippen molar-refractivity contribution in [3.05, 3.63) is 29.6 Å². The molecule has 0 unspecified atom stereocenters. The molecule has 1 aromatic rings. The van der Waals surface area contributed by atoms with Crippen LogP contribution in [0, 0.1) is 6.92 Å². The van der Waals surface area contributed by atoms with Crippen molar-refractivity contribution >= 4 is 5.97 Å². The SMILES string of the molecule is CCOC(=O)[C@@H](O)c1ncccc1C. The van der Waals surface area contributed by atoms with E-state index in [9.17, 15) is 9.90 Å². The predicted octanol–water partition coefficient (Wildman–Crippen LogP) is 0.987. The topological polar surface area (TPSA) is 59.4 Å². The zero-order chi connectivity index (χ0) is 10.6. The largest absolute Gasteiger partial charge is 0.464 e. The zero-order valence-electron chi connectivity index (χ0n) is 8.23. The third-order valence-corrected chi connectivity index (χ3v) is 1.82. The highest BCUT2D eigenvalue weighted by molar-refractivity contribution is 5.76. The van der Waals surface area contributed by atoms with E-state index in [0.29, 0.717) is 5.69 Å². The molecule has 0 saturated heterocycles. The van der Waals surface area contributed by atoms with Gasteiger partial charge in [-0.1, -0.05) is 6.07 Å². The van der Waals surface area contributed by atoms with Gasteiger partial charge in [0.05, 0.1) is 12.3 Å². The van der Waals surface area contributed by atoms with E-state index in [4.69, 9.17) is 0 Å². The Morgan fingerprint density at radius 1 is 1.71 bits per heavy atom. The van der Waals surface area contributed by atoms with Crippen LogP contribution >= 0.6 is 0 Å². The summed E-state index contributed by atoms with van der Waals surface area (Å²) in [4.78, 5) is 15.1. The van der Waals surface area contributed by atoms with Crippen LogP contribution in [0.5, 0.6) is 0 Å². The average Bonchev–Trinajstić information content (AvgIpc) is 2.18. The van der Waals surface area contributed by atoms with Crippen LogP contribution in [0.4, 0.5) is 0 Å². The number of nitrogens with zero attached hydrogens (tertiary/aromatic N) is 1. The fourth-order valence-corrected chi connectivity index (χ4v) is 1.12. The molecule has 1 N–H and O–H groups in total. The number of aryl methyl sites for hydroxylation is 1. The monoisotopic (exact) mass is 195 g/mol. The molecule has 1 rings (SSSR count). The van der Waals surface area contributed by atoms with Gasteiger partial charge < -0.3 is 9.84 Å². The van der Waals surface area contributed by atoms with Gasteiger partial charge in [-0.3, -0.25) is 4.98 Å². The maximum absolute atomic E-state index is 11.2. The number of hydrogen-bond acceptors (Lipinski definition) is 4. The smallest absolute Gasteiger partial charge is 0.341 e. The van der Waals surface area contributed by atoms with Crippen LogP contribution in [0.15, 0.2) is 18.3 Å². The van der Waals surface area contributed by atoms with Gasteiger partial charge in [0, 0.05) is 6.20 Å². The number of ether oxygens (including phenoxy) is 1. The van der Waals surface area contributed by atoms with Gasteiger partial charge in [0.15, 0.2) is 6.10 Å². The minimum Gasteiger partial charge on any atom is -0.464 e. The molecule has 0 aromatic carbocycles. The average molecular weight is 195 g/mol. The molecular formula is C10H13NO3. The number of rotatable bonds is 3. The van der Waals surface area contributed by atoms with Crippen LogP contribution in [0.1, 0.15) is 24.3 Å². The fraction of sp³-hybridized carbons (Fsp3) is 0.400. The van der Waals surface area contributed by atoms with Gasteiger partial charge in [-0.15, -0.1) is 0 Å². The van der Waals surface area contributed by atoms with Crippen molar-refractivity contribution in [1.29, 1.82) is 0 Å². The minimum absolute atomic E-state index is 0.252. The standard InChI is InChI=1S/C10H13NO3/c1-3-14-10(13)9(12)8-7(2)5-4-6-11-8/h4-6,9,12H,3H2,1-2H3/t9-/m0/s1. The van der Waals surface area contributed by atoms with Crippen molar-refractivity contribution in [3.63, 3.8) is 0 Å².